The predicted molar refractivity (Wildman–Crippen MR) is 75.0 cm³/mol. The largest absolute Gasteiger partial charge is 0.256 e. The summed E-state index contributed by atoms with van der Waals surface area (Å²) in [5, 5.41) is 0. The lowest BCUT2D eigenvalue weighted by atomic mass is 9.99. The van der Waals surface area contributed by atoms with Gasteiger partial charge in [-0.05, 0) is 23.8 Å². The molecular weight excluding hydrogens is 275 g/mol. The van der Waals surface area contributed by atoms with Crippen LogP contribution in [0.5, 0.6) is 0 Å². The van der Waals surface area contributed by atoms with Crippen molar-refractivity contribution >= 4 is 0 Å². The second-order valence-electron chi connectivity index (χ2n) is 4.52. The van der Waals surface area contributed by atoms with Gasteiger partial charge in [-0.2, -0.15) is 0 Å². The predicted octanol–water partition coefficient (Wildman–Crippen LogP) is 4.83. The quantitative estimate of drug-likeness (QED) is 0.614. The van der Waals surface area contributed by atoms with E-state index >= 15 is 0 Å². The first-order chi connectivity index (χ1) is 10.2. The minimum atomic E-state index is -1.48. The molecule has 4 heteroatoms. The number of halogens is 3. The van der Waals surface area contributed by atoms with Crippen LogP contribution in [0.15, 0.2) is 60.8 Å². The molecule has 0 saturated carbocycles. The fourth-order valence-corrected chi connectivity index (χ4v) is 2.18. The molecule has 104 valence electrons. The number of rotatable bonds is 2. The van der Waals surface area contributed by atoms with Crippen LogP contribution in [0.1, 0.15) is 0 Å². The highest BCUT2D eigenvalue weighted by Crippen LogP contribution is 2.31. The van der Waals surface area contributed by atoms with Gasteiger partial charge in [0.25, 0.3) is 0 Å². The first-order valence-corrected chi connectivity index (χ1v) is 6.32. The zero-order valence-electron chi connectivity index (χ0n) is 10.9. The molecule has 0 bridgehead atoms. The number of nitrogens with zero attached hydrogens (tertiary/aromatic N) is 1. The van der Waals surface area contributed by atoms with Crippen LogP contribution in [0.3, 0.4) is 0 Å². The summed E-state index contributed by atoms with van der Waals surface area (Å²) in [6.07, 6.45) is 1.53. The molecule has 0 aliphatic rings. The molecule has 0 atom stereocenters. The third-order valence-electron chi connectivity index (χ3n) is 3.15. The third kappa shape index (κ3) is 2.52. The Morgan fingerprint density at radius 1 is 0.714 bits per heavy atom. The highest BCUT2D eigenvalue weighted by Gasteiger charge is 2.15. The van der Waals surface area contributed by atoms with Gasteiger partial charge in [0.1, 0.15) is 0 Å². The van der Waals surface area contributed by atoms with E-state index in [0.29, 0.717) is 5.69 Å². The lowest BCUT2D eigenvalue weighted by Crippen LogP contribution is -1.95. The van der Waals surface area contributed by atoms with Crippen molar-refractivity contribution in [1.29, 1.82) is 0 Å². The molecule has 0 aliphatic heterocycles. The molecular formula is C17H10F3N. The normalized spacial score (nSPS) is 10.6. The van der Waals surface area contributed by atoms with E-state index in [1.54, 1.807) is 12.1 Å². The Kier molecular flexibility index (Phi) is 3.44. The highest BCUT2D eigenvalue weighted by atomic mass is 19.2. The molecule has 2 aromatic carbocycles. The van der Waals surface area contributed by atoms with Gasteiger partial charge in [-0.15, -0.1) is 0 Å². The van der Waals surface area contributed by atoms with Crippen LogP contribution in [0.4, 0.5) is 13.2 Å². The van der Waals surface area contributed by atoms with Crippen molar-refractivity contribution in [2.75, 3.05) is 0 Å². The highest BCUT2D eigenvalue weighted by molar-refractivity contribution is 5.80. The second-order valence-corrected chi connectivity index (χ2v) is 4.52. The molecule has 0 fully saturated rings. The van der Waals surface area contributed by atoms with Gasteiger partial charge in [0.2, 0.25) is 0 Å². The topological polar surface area (TPSA) is 12.9 Å². The molecule has 0 unspecified atom stereocenters. The molecule has 0 aliphatic carbocycles. The molecule has 0 radical (unpaired) electrons. The van der Waals surface area contributed by atoms with E-state index in [-0.39, 0.29) is 5.56 Å². The Morgan fingerprint density at radius 3 is 2.05 bits per heavy atom. The Bertz CT molecular complexity index is 762. The van der Waals surface area contributed by atoms with Gasteiger partial charge in [-0.25, -0.2) is 13.2 Å². The van der Waals surface area contributed by atoms with Gasteiger partial charge < -0.3 is 0 Å². The number of hydrogen-bond acceptors (Lipinski definition) is 1. The van der Waals surface area contributed by atoms with E-state index in [0.717, 1.165) is 23.3 Å². The summed E-state index contributed by atoms with van der Waals surface area (Å²) in [6.45, 7) is 0. The van der Waals surface area contributed by atoms with Crippen molar-refractivity contribution in [3.8, 4) is 22.4 Å². The SMILES string of the molecule is Fc1cc(-c2ncccc2-c2ccccc2)cc(F)c1F. The summed E-state index contributed by atoms with van der Waals surface area (Å²) < 4.78 is 39.9. The van der Waals surface area contributed by atoms with Crippen molar-refractivity contribution < 1.29 is 13.2 Å². The van der Waals surface area contributed by atoms with Gasteiger partial charge in [0.05, 0.1) is 5.69 Å². The molecule has 0 saturated heterocycles. The Morgan fingerprint density at radius 2 is 1.38 bits per heavy atom. The first-order valence-electron chi connectivity index (χ1n) is 6.32. The van der Waals surface area contributed by atoms with Gasteiger partial charge >= 0.3 is 0 Å². The van der Waals surface area contributed by atoms with Crippen molar-refractivity contribution in [3.63, 3.8) is 0 Å². The minimum Gasteiger partial charge on any atom is -0.256 e. The van der Waals surface area contributed by atoms with Crippen LogP contribution in [0, 0.1) is 17.5 Å². The number of benzene rings is 2. The van der Waals surface area contributed by atoms with Gasteiger partial charge in [-0.1, -0.05) is 36.4 Å². The molecule has 0 spiro atoms. The second kappa shape index (κ2) is 5.40. The zero-order valence-corrected chi connectivity index (χ0v) is 10.9. The van der Waals surface area contributed by atoms with Crippen LogP contribution in [-0.4, -0.2) is 4.98 Å². The molecule has 1 heterocycles. The smallest absolute Gasteiger partial charge is 0.194 e. The molecule has 0 amide bonds. The van der Waals surface area contributed by atoms with Crippen LogP contribution >= 0.6 is 0 Å². The van der Waals surface area contributed by atoms with Crippen LogP contribution in [0.2, 0.25) is 0 Å². The third-order valence-corrected chi connectivity index (χ3v) is 3.15. The van der Waals surface area contributed by atoms with E-state index in [1.165, 1.54) is 6.20 Å². The molecule has 3 aromatic rings. The van der Waals surface area contributed by atoms with Crippen LogP contribution < -0.4 is 0 Å². The Hall–Kier alpha value is -2.62. The summed E-state index contributed by atoms with van der Waals surface area (Å²) in [6, 6.07) is 14.8. The maximum atomic E-state index is 13.4. The molecule has 0 N–H and O–H groups in total. The van der Waals surface area contributed by atoms with Crippen molar-refractivity contribution in [3.05, 3.63) is 78.2 Å². The summed E-state index contributed by atoms with van der Waals surface area (Å²) in [5.74, 6) is -3.93. The molecule has 1 nitrogen and oxygen atoms in total. The van der Waals surface area contributed by atoms with Crippen LogP contribution in [-0.2, 0) is 0 Å². The van der Waals surface area contributed by atoms with Crippen molar-refractivity contribution in [1.82, 2.24) is 4.98 Å². The Labute approximate surface area is 119 Å². The van der Waals surface area contributed by atoms with Crippen LogP contribution in [0.25, 0.3) is 22.4 Å². The zero-order chi connectivity index (χ0) is 14.8. The number of pyridine rings is 1. The first kappa shape index (κ1) is 13.4. The molecule has 21 heavy (non-hydrogen) atoms. The van der Waals surface area contributed by atoms with Gasteiger partial charge in [-0.3, -0.25) is 4.98 Å². The summed E-state index contributed by atoms with van der Waals surface area (Å²) in [4.78, 5) is 4.18. The fraction of sp³-hybridized carbons (Fsp3) is 0. The maximum absolute atomic E-state index is 13.4. The lowest BCUT2D eigenvalue weighted by Gasteiger charge is -2.09. The summed E-state index contributed by atoms with van der Waals surface area (Å²) >= 11 is 0. The van der Waals surface area contributed by atoms with E-state index in [1.807, 2.05) is 30.3 Å². The van der Waals surface area contributed by atoms with E-state index in [4.69, 9.17) is 0 Å². The Balaban J connectivity index is 2.21. The van der Waals surface area contributed by atoms with Gasteiger partial charge in [0, 0.05) is 17.3 Å². The maximum Gasteiger partial charge on any atom is 0.194 e. The minimum absolute atomic E-state index is 0.200. The lowest BCUT2D eigenvalue weighted by molar-refractivity contribution is 0.447. The van der Waals surface area contributed by atoms with E-state index in [9.17, 15) is 13.2 Å². The number of hydrogen-bond donors (Lipinski definition) is 0. The molecule has 3 rings (SSSR count). The summed E-state index contributed by atoms with van der Waals surface area (Å²) in [5.41, 5.74) is 2.20. The van der Waals surface area contributed by atoms with Gasteiger partial charge in [0.15, 0.2) is 17.5 Å². The fourth-order valence-electron chi connectivity index (χ4n) is 2.18. The monoisotopic (exact) mass is 285 g/mol. The average Bonchev–Trinajstić information content (AvgIpc) is 2.53. The van der Waals surface area contributed by atoms with Crippen molar-refractivity contribution in [2.24, 2.45) is 0 Å². The summed E-state index contributed by atoms with van der Waals surface area (Å²) in [7, 11) is 0. The standard InChI is InChI=1S/C17H10F3N/c18-14-9-12(10-15(19)16(14)20)17-13(7-4-8-21-17)11-5-2-1-3-6-11/h1-10H. The molecule has 1 aromatic heterocycles. The number of aromatic nitrogens is 1. The van der Waals surface area contributed by atoms with E-state index < -0.39 is 17.5 Å². The van der Waals surface area contributed by atoms with Crippen molar-refractivity contribution in [2.45, 2.75) is 0 Å². The average molecular weight is 285 g/mol. The van der Waals surface area contributed by atoms with E-state index in [2.05, 4.69) is 4.98 Å².